The Morgan fingerprint density at radius 1 is 1.32 bits per heavy atom. The van der Waals surface area contributed by atoms with E-state index in [-0.39, 0.29) is 30.0 Å². The molecule has 9 nitrogen and oxygen atoms in total. The van der Waals surface area contributed by atoms with Gasteiger partial charge in [0.15, 0.2) is 0 Å². The van der Waals surface area contributed by atoms with Gasteiger partial charge in [0, 0.05) is 25.5 Å². The van der Waals surface area contributed by atoms with Crippen LogP contribution in [0.15, 0.2) is 39.0 Å². The number of amides is 1. The van der Waals surface area contributed by atoms with E-state index < -0.39 is 23.2 Å². The molecule has 28 heavy (non-hydrogen) atoms. The van der Waals surface area contributed by atoms with E-state index in [1.165, 1.54) is 12.1 Å². The Labute approximate surface area is 160 Å². The van der Waals surface area contributed by atoms with Crippen LogP contribution in [-0.2, 0) is 11.8 Å². The van der Waals surface area contributed by atoms with E-state index in [9.17, 15) is 19.5 Å². The number of rotatable bonds is 5. The van der Waals surface area contributed by atoms with Crippen LogP contribution in [0.3, 0.4) is 0 Å². The second-order valence-electron chi connectivity index (χ2n) is 6.35. The van der Waals surface area contributed by atoms with Crippen molar-refractivity contribution in [2.24, 2.45) is 12.1 Å². The molecule has 1 aliphatic heterocycles. The van der Waals surface area contributed by atoms with Crippen molar-refractivity contribution in [3.8, 4) is 11.6 Å². The topological polar surface area (TPSA) is 117 Å². The first-order chi connectivity index (χ1) is 13.4. The highest BCUT2D eigenvalue weighted by Crippen LogP contribution is 2.38. The molecular weight excluding hydrogens is 364 g/mol. The second kappa shape index (κ2) is 7.71. The quantitative estimate of drug-likeness (QED) is 0.802. The summed E-state index contributed by atoms with van der Waals surface area (Å²) in [5.74, 6) is -0.0962. The SMILES string of the molecule is CCOc1ccccc1[C@H]1CC(c2c(O)n(C)c(=O)[nH]c2=O)=NN1C(=O)CC. The van der Waals surface area contributed by atoms with Crippen molar-refractivity contribution >= 4 is 11.6 Å². The number of carbonyl (C=O) groups is 1. The van der Waals surface area contributed by atoms with Crippen LogP contribution in [0.2, 0.25) is 0 Å². The van der Waals surface area contributed by atoms with E-state index in [2.05, 4.69) is 10.1 Å². The first kappa shape index (κ1) is 19.4. The summed E-state index contributed by atoms with van der Waals surface area (Å²) in [5, 5.41) is 16.0. The van der Waals surface area contributed by atoms with Gasteiger partial charge in [-0.1, -0.05) is 25.1 Å². The molecule has 1 aliphatic rings. The van der Waals surface area contributed by atoms with Crippen LogP contribution >= 0.6 is 0 Å². The van der Waals surface area contributed by atoms with Crippen LogP contribution in [0.25, 0.3) is 0 Å². The molecule has 1 aromatic heterocycles. The lowest BCUT2D eigenvalue weighted by atomic mass is 9.98. The largest absolute Gasteiger partial charge is 0.494 e. The molecular formula is C19H22N4O5. The Balaban J connectivity index is 2.11. The van der Waals surface area contributed by atoms with Crippen LogP contribution in [0, 0.1) is 0 Å². The fraction of sp³-hybridized carbons (Fsp3) is 0.368. The first-order valence-corrected chi connectivity index (χ1v) is 9.02. The number of carbonyl (C=O) groups excluding carboxylic acids is 1. The molecule has 1 aromatic carbocycles. The highest BCUT2D eigenvalue weighted by Gasteiger charge is 2.36. The number of para-hydroxylation sites is 1. The van der Waals surface area contributed by atoms with Crippen LogP contribution in [-0.4, -0.2) is 37.9 Å². The molecule has 0 unspecified atom stereocenters. The van der Waals surface area contributed by atoms with E-state index in [0.717, 1.165) is 10.1 Å². The lowest BCUT2D eigenvalue weighted by molar-refractivity contribution is -0.132. The minimum Gasteiger partial charge on any atom is -0.494 e. The van der Waals surface area contributed by atoms with Crippen molar-refractivity contribution in [1.29, 1.82) is 0 Å². The minimum atomic E-state index is -0.748. The summed E-state index contributed by atoms with van der Waals surface area (Å²) in [5.41, 5.74) is -0.614. The smallest absolute Gasteiger partial charge is 0.330 e. The fourth-order valence-corrected chi connectivity index (χ4v) is 3.21. The average molecular weight is 386 g/mol. The van der Waals surface area contributed by atoms with Crippen molar-refractivity contribution in [1.82, 2.24) is 14.6 Å². The van der Waals surface area contributed by atoms with Crippen LogP contribution in [0.4, 0.5) is 0 Å². The van der Waals surface area contributed by atoms with Gasteiger partial charge in [-0.05, 0) is 13.0 Å². The molecule has 0 fully saturated rings. The number of hydrogen-bond acceptors (Lipinski definition) is 6. The highest BCUT2D eigenvalue weighted by atomic mass is 16.5. The van der Waals surface area contributed by atoms with Gasteiger partial charge >= 0.3 is 5.69 Å². The number of aromatic hydroxyl groups is 1. The molecule has 0 spiro atoms. The normalized spacial score (nSPS) is 16.2. The molecule has 148 valence electrons. The molecule has 0 saturated heterocycles. The summed E-state index contributed by atoms with van der Waals surface area (Å²) >= 11 is 0. The standard InChI is InChI=1S/C19H22N4O5/c1-4-15(24)23-13(11-8-6-7-9-14(11)28-5-2)10-12(21-23)16-17(25)20-19(27)22(3)18(16)26/h6-9,13,26H,4-5,10H2,1-3H3,(H,20,25,27)/t13-/m1/s1. The number of H-pyrrole nitrogens is 1. The first-order valence-electron chi connectivity index (χ1n) is 9.02. The van der Waals surface area contributed by atoms with E-state index in [4.69, 9.17) is 4.74 Å². The Morgan fingerprint density at radius 2 is 2.04 bits per heavy atom. The molecule has 0 radical (unpaired) electrons. The summed E-state index contributed by atoms with van der Waals surface area (Å²) in [4.78, 5) is 38.7. The zero-order valence-corrected chi connectivity index (χ0v) is 15.9. The predicted molar refractivity (Wildman–Crippen MR) is 103 cm³/mol. The van der Waals surface area contributed by atoms with Crippen LogP contribution in [0.1, 0.15) is 43.9 Å². The number of benzene rings is 1. The van der Waals surface area contributed by atoms with Crippen molar-refractivity contribution in [2.75, 3.05) is 6.61 Å². The van der Waals surface area contributed by atoms with E-state index in [1.807, 2.05) is 31.2 Å². The van der Waals surface area contributed by atoms with Crippen molar-refractivity contribution in [2.45, 2.75) is 32.7 Å². The summed E-state index contributed by atoms with van der Waals surface area (Å²) < 4.78 is 6.61. The molecule has 2 heterocycles. The molecule has 3 rings (SSSR count). The number of hydrazone groups is 1. The Morgan fingerprint density at radius 3 is 2.71 bits per heavy atom. The molecule has 2 aromatic rings. The number of nitrogens with zero attached hydrogens (tertiary/aromatic N) is 3. The van der Waals surface area contributed by atoms with Crippen molar-refractivity contribution in [3.63, 3.8) is 0 Å². The molecule has 1 amide bonds. The number of hydrogen-bond donors (Lipinski definition) is 2. The molecule has 1 atom stereocenters. The predicted octanol–water partition coefficient (Wildman–Crippen LogP) is 1.27. The van der Waals surface area contributed by atoms with Crippen LogP contribution < -0.4 is 16.0 Å². The Kier molecular flexibility index (Phi) is 5.34. The number of aromatic amines is 1. The fourth-order valence-electron chi connectivity index (χ4n) is 3.21. The highest BCUT2D eigenvalue weighted by molar-refractivity contribution is 6.04. The van der Waals surface area contributed by atoms with E-state index in [1.54, 1.807) is 6.92 Å². The molecule has 0 bridgehead atoms. The summed E-state index contributed by atoms with van der Waals surface area (Å²) in [6.07, 6.45) is 0.421. The zero-order valence-electron chi connectivity index (χ0n) is 15.9. The number of nitrogens with one attached hydrogen (secondary N) is 1. The van der Waals surface area contributed by atoms with Gasteiger partial charge in [-0.2, -0.15) is 5.10 Å². The van der Waals surface area contributed by atoms with Gasteiger partial charge in [-0.3, -0.25) is 19.1 Å². The Hall–Kier alpha value is -3.36. The molecule has 0 saturated carbocycles. The maximum absolute atomic E-state index is 12.5. The minimum absolute atomic E-state index is 0.118. The van der Waals surface area contributed by atoms with Gasteiger partial charge in [0.25, 0.3) is 5.56 Å². The summed E-state index contributed by atoms with van der Waals surface area (Å²) in [7, 11) is 1.34. The van der Waals surface area contributed by atoms with E-state index >= 15 is 0 Å². The monoisotopic (exact) mass is 386 g/mol. The van der Waals surface area contributed by atoms with Gasteiger partial charge in [0.1, 0.15) is 11.3 Å². The molecule has 9 heteroatoms. The van der Waals surface area contributed by atoms with Crippen LogP contribution in [0.5, 0.6) is 11.6 Å². The zero-order chi connectivity index (χ0) is 20.4. The van der Waals surface area contributed by atoms with Gasteiger partial charge in [0.2, 0.25) is 11.8 Å². The number of aromatic nitrogens is 2. The molecule has 2 N–H and O–H groups in total. The third-order valence-corrected chi connectivity index (χ3v) is 4.63. The third-order valence-electron chi connectivity index (χ3n) is 4.63. The maximum atomic E-state index is 12.5. The van der Waals surface area contributed by atoms with Gasteiger partial charge in [-0.25, -0.2) is 9.80 Å². The lowest BCUT2D eigenvalue weighted by Gasteiger charge is -2.23. The maximum Gasteiger partial charge on any atom is 0.330 e. The van der Waals surface area contributed by atoms with Gasteiger partial charge in [0.05, 0.1) is 18.4 Å². The number of ether oxygens (including phenoxy) is 1. The van der Waals surface area contributed by atoms with Crippen molar-refractivity contribution in [3.05, 3.63) is 56.2 Å². The van der Waals surface area contributed by atoms with Gasteiger partial charge in [-0.15, -0.1) is 0 Å². The molecule has 0 aliphatic carbocycles. The van der Waals surface area contributed by atoms with Crippen molar-refractivity contribution < 1.29 is 14.6 Å². The average Bonchev–Trinajstić information content (AvgIpc) is 3.11. The summed E-state index contributed by atoms with van der Waals surface area (Å²) in [6.45, 7) is 4.04. The van der Waals surface area contributed by atoms with Gasteiger partial charge < -0.3 is 9.84 Å². The third kappa shape index (κ3) is 3.30. The van der Waals surface area contributed by atoms with E-state index in [0.29, 0.717) is 12.4 Å². The second-order valence-corrected chi connectivity index (χ2v) is 6.35. The Bertz CT molecular complexity index is 1050. The summed E-state index contributed by atoms with van der Waals surface area (Å²) in [6, 6.07) is 6.83. The lowest BCUT2D eigenvalue weighted by Crippen LogP contribution is -2.32.